The van der Waals surface area contributed by atoms with Gasteiger partial charge >= 0.3 is 0 Å². The van der Waals surface area contributed by atoms with Gasteiger partial charge in [0.25, 0.3) is 0 Å². The lowest BCUT2D eigenvalue weighted by Crippen LogP contribution is -2.39. The topological polar surface area (TPSA) is 24.5 Å². The molecule has 0 aromatic carbocycles. The van der Waals surface area contributed by atoms with Crippen LogP contribution >= 0.6 is 0 Å². The summed E-state index contributed by atoms with van der Waals surface area (Å²) in [6, 6.07) is 0. The Labute approximate surface area is 80.4 Å². The number of likely N-dealkylation sites (tertiary alicyclic amines) is 1. The largest absolute Gasteiger partial charge is 0.363 e. The molecule has 0 radical (unpaired) electrons. The van der Waals surface area contributed by atoms with Gasteiger partial charge < -0.3 is 9.64 Å². The van der Waals surface area contributed by atoms with E-state index in [9.17, 15) is 0 Å². The maximum atomic E-state index is 5.65. The normalized spacial score (nSPS) is 36.7. The van der Waals surface area contributed by atoms with Gasteiger partial charge in [-0.3, -0.25) is 5.32 Å². The molecule has 76 valence electrons. The van der Waals surface area contributed by atoms with Crippen LogP contribution in [-0.4, -0.2) is 44.4 Å². The van der Waals surface area contributed by atoms with Crippen molar-refractivity contribution in [1.82, 2.24) is 10.2 Å². The first-order valence-corrected chi connectivity index (χ1v) is 5.38. The Bertz CT molecular complexity index is 154. The van der Waals surface area contributed by atoms with Crippen LogP contribution in [0.5, 0.6) is 0 Å². The van der Waals surface area contributed by atoms with Gasteiger partial charge in [-0.05, 0) is 45.3 Å². The molecule has 0 aliphatic carbocycles. The Morgan fingerprint density at radius 2 is 2.46 bits per heavy atom. The summed E-state index contributed by atoms with van der Waals surface area (Å²) >= 11 is 0. The Kier molecular flexibility index (Phi) is 3.19. The lowest BCUT2D eigenvalue weighted by atomic mass is 10.0. The molecule has 0 spiro atoms. The van der Waals surface area contributed by atoms with Crippen molar-refractivity contribution in [2.24, 2.45) is 5.92 Å². The Balaban J connectivity index is 1.71. The number of nitrogens with one attached hydrogen (secondary N) is 1. The second-order valence-electron chi connectivity index (χ2n) is 4.32. The first-order valence-electron chi connectivity index (χ1n) is 5.38. The van der Waals surface area contributed by atoms with Crippen molar-refractivity contribution in [1.29, 1.82) is 0 Å². The minimum Gasteiger partial charge on any atom is -0.363 e. The third kappa shape index (κ3) is 2.66. The number of hydrogen-bond acceptors (Lipinski definition) is 3. The van der Waals surface area contributed by atoms with E-state index in [1.54, 1.807) is 0 Å². The number of rotatable bonds is 2. The van der Waals surface area contributed by atoms with Crippen molar-refractivity contribution in [3.8, 4) is 0 Å². The predicted molar refractivity (Wildman–Crippen MR) is 52.6 cm³/mol. The van der Waals surface area contributed by atoms with E-state index >= 15 is 0 Å². The summed E-state index contributed by atoms with van der Waals surface area (Å²) < 4.78 is 5.65. The Morgan fingerprint density at radius 3 is 3.08 bits per heavy atom. The zero-order valence-electron chi connectivity index (χ0n) is 8.46. The van der Waals surface area contributed by atoms with E-state index in [0.29, 0.717) is 6.23 Å². The first kappa shape index (κ1) is 9.44. The second-order valence-corrected chi connectivity index (χ2v) is 4.32. The van der Waals surface area contributed by atoms with Crippen molar-refractivity contribution in [3.63, 3.8) is 0 Å². The summed E-state index contributed by atoms with van der Waals surface area (Å²) in [4.78, 5) is 2.41. The first-order chi connectivity index (χ1) is 6.34. The zero-order chi connectivity index (χ0) is 9.10. The third-order valence-corrected chi connectivity index (χ3v) is 3.05. The molecule has 3 nitrogen and oxygen atoms in total. The van der Waals surface area contributed by atoms with Crippen LogP contribution in [-0.2, 0) is 4.74 Å². The average molecular weight is 184 g/mol. The van der Waals surface area contributed by atoms with Crippen LogP contribution in [0.4, 0.5) is 0 Å². The summed E-state index contributed by atoms with van der Waals surface area (Å²) in [5.41, 5.74) is 0. The van der Waals surface area contributed by atoms with Crippen LogP contribution in [0.25, 0.3) is 0 Å². The van der Waals surface area contributed by atoms with E-state index in [0.717, 1.165) is 19.1 Å². The van der Waals surface area contributed by atoms with Crippen LogP contribution in [0.3, 0.4) is 0 Å². The number of nitrogens with zero attached hydrogens (tertiary/aromatic N) is 1. The van der Waals surface area contributed by atoms with E-state index in [-0.39, 0.29) is 0 Å². The van der Waals surface area contributed by atoms with Gasteiger partial charge in [-0.1, -0.05) is 0 Å². The molecule has 13 heavy (non-hydrogen) atoms. The number of hydrogen-bond donors (Lipinski definition) is 1. The maximum Gasteiger partial charge on any atom is 0.108 e. The molecule has 2 unspecified atom stereocenters. The highest BCUT2D eigenvalue weighted by Gasteiger charge is 2.24. The fourth-order valence-corrected chi connectivity index (χ4v) is 2.29. The smallest absolute Gasteiger partial charge is 0.108 e. The van der Waals surface area contributed by atoms with E-state index in [2.05, 4.69) is 17.3 Å². The molecule has 0 amide bonds. The highest BCUT2D eigenvalue weighted by atomic mass is 16.5. The Hall–Kier alpha value is -0.120. The summed E-state index contributed by atoms with van der Waals surface area (Å²) in [5, 5.41) is 3.42. The molecule has 2 rings (SSSR count). The lowest BCUT2D eigenvalue weighted by Gasteiger charge is -2.26. The highest BCUT2D eigenvalue weighted by molar-refractivity contribution is 4.76. The summed E-state index contributed by atoms with van der Waals surface area (Å²) in [6.07, 6.45) is 4.05. The molecular formula is C10H20N2O. The fraction of sp³-hybridized carbons (Fsp3) is 1.00. The van der Waals surface area contributed by atoms with E-state index < -0.39 is 0 Å². The summed E-state index contributed by atoms with van der Waals surface area (Å²) in [6.45, 7) is 4.59. The molecular weight excluding hydrogens is 164 g/mol. The van der Waals surface area contributed by atoms with Gasteiger partial charge in [0.15, 0.2) is 0 Å². The van der Waals surface area contributed by atoms with Crippen LogP contribution in [0.1, 0.15) is 19.3 Å². The van der Waals surface area contributed by atoms with Crippen molar-refractivity contribution in [2.45, 2.75) is 25.5 Å². The molecule has 2 aliphatic rings. The third-order valence-electron chi connectivity index (χ3n) is 3.05. The van der Waals surface area contributed by atoms with Gasteiger partial charge in [-0.25, -0.2) is 0 Å². The Morgan fingerprint density at radius 1 is 1.54 bits per heavy atom. The van der Waals surface area contributed by atoms with Crippen molar-refractivity contribution in [3.05, 3.63) is 0 Å². The molecule has 1 N–H and O–H groups in total. The van der Waals surface area contributed by atoms with Crippen molar-refractivity contribution in [2.75, 3.05) is 33.3 Å². The quantitative estimate of drug-likeness (QED) is 0.682. The van der Waals surface area contributed by atoms with Crippen molar-refractivity contribution >= 4 is 0 Å². The van der Waals surface area contributed by atoms with E-state index in [1.165, 1.54) is 32.4 Å². The molecule has 0 aromatic heterocycles. The minimum absolute atomic E-state index is 0.338. The molecule has 0 aromatic rings. The van der Waals surface area contributed by atoms with Crippen LogP contribution in [0, 0.1) is 5.92 Å². The fourth-order valence-electron chi connectivity index (χ4n) is 2.29. The molecule has 3 heteroatoms. The monoisotopic (exact) mass is 184 g/mol. The zero-order valence-corrected chi connectivity index (χ0v) is 8.46. The predicted octanol–water partition coefficient (Wildman–Crippen LogP) is 0.664. The van der Waals surface area contributed by atoms with Gasteiger partial charge in [-0.15, -0.1) is 0 Å². The van der Waals surface area contributed by atoms with Crippen LogP contribution < -0.4 is 5.32 Å². The molecule has 2 heterocycles. The molecule has 0 bridgehead atoms. The number of ether oxygens (including phenoxy) is 1. The van der Waals surface area contributed by atoms with E-state index in [4.69, 9.17) is 4.74 Å². The minimum atomic E-state index is 0.338. The van der Waals surface area contributed by atoms with Crippen LogP contribution in [0.15, 0.2) is 0 Å². The lowest BCUT2D eigenvalue weighted by molar-refractivity contribution is -0.0123. The van der Waals surface area contributed by atoms with Crippen LogP contribution in [0.2, 0.25) is 0 Å². The average Bonchev–Trinajstić information content (AvgIpc) is 2.53. The molecule has 2 fully saturated rings. The van der Waals surface area contributed by atoms with Gasteiger partial charge in [-0.2, -0.15) is 0 Å². The van der Waals surface area contributed by atoms with Gasteiger partial charge in [0.05, 0.1) is 0 Å². The highest BCUT2D eigenvalue weighted by Crippen LogP contribution is 2.20. The second kappa shape index (κ2) is 4.40. The standard InChI is InChI=1S/C10H20N2O/c1-12-5-3-9(8-12)7-10-11-4-2-6-13-10/h9-11H,2-8H2,1H3. The molecule has 2 saturated heterocycles. The molecule has 0 saturated carbocycles. The van der Waals surface area contributed by atoms with Crippen molar-refractivity contribution < 1.29 is 4.74 Å². The summed E-state index contributed by atoms with van der Waals surface area (Å²) in [5.74, 6) is 0.848. The SMILES string of the molecule is CN1CCC(CC2NCCCO2)C1. The molecule has 2 aliphatic heterocycles. The van der Waals surface area contributed by atoms with Gasteiger partial charge in [0, 0.05) is 13.2 Å². The van der Waals surface area contributed by atoms with Gasteiger partial charge in [0.1, 0.15) is 6.23 Å². The molecule has 2 atom stereocenters. The maximum absolute atomic E-state index is 5.65. The van der Waals surface area contributed by atoms with Gasteiger partial charge in [0.2, 0.25) is 0 Å². The summed E-state index contributed by atoms with van der Waals surface area (Å²) in [7, 11) is 2.20. The van der Waals surface area contributed by atoms with E-state index in [1.807, 2.05) is 0 Å².